The van der Waals surface area contributed by atoms with Gasteiger partial charge in [-0.3, -0.25) is 4.79 Å². The monoisotopic (exact) mass is 302 g/mol. The predicted octanol–water partition coefficient (Wildman–Crippen LogP) is 3.24. The minimum Gasteiger partial charge on any atom is -0.511 e. The molecule has 2 aliphatic rings. The number of carbonyl (C=O) groups is 1. The average molecular weight is 302 g/mol. The number of benzene rings is 1. The average Bonchev–Trinajstić information content (AvgIpc) is 3.08. The van der Waals surface area contributed by atoms with Gasteiger partial charge in [0.15, 0.2) is 5.78 Å². The van der Waals surface area contributed by atoms with Gasteiger partial charge in [0.05, 0.1) is 5.57 Å². The molecule has 2 unspecified atom stereocenters. The van der Waals surface area contributed by atoms with Crippen molar-refractivity contribution in [2.45, 2.75) is 32.6 Å². The van der Waals surface area contributed by atoms with E-state index in [-0.39, 0.29) is 23.2 Å². The van der Waals surface area contributed by atoms with Crippen molar-refractivity contribution in [1.29, 1.82) is 0 Å². The zero-order chi connectivity index (χ0) is 15.7. The van der Waals surface area contributed by atoms with E-state index in [2.05, 4.69) is 0 Å². The van der Waals surface area contributed by atoms with Crippen LogP contribution in [0.5, 0.6) is 5.75 Å². The van der Waals surface area contributed by atoms with Crippen LogP contribution in [0.2, 0.25) is 0 Å². The molecular formula is C18H22O4. The Hall–Kier alpha value is -1.81. The van der Waals surface area contributed by atoms with Gasteiger partial charge in [0.2, 0.25) is 0 Å². The lowest BCUT2D eigenvalue weighted by molar-refractivity contribution is -0.113. The molecular weight excluding hydrogens is 280 g/mol. The molecule has 1 aromatic carbocycles. The zero-order valence-corrected chi connectivity index (χ0v) is 12.8. The zero-order valence-electron chi connectivity index (χ0n) is 12.8. The first-order chi connectivity index (χ1) is 10.6. The van der Waals surface area contributed by atoms with Crippen LogP contribution >= 0.6 is 0 Å². The van der Waals surface area contributed by atoms with Crippen LogP contribution < -0.4 is 0 Å². The molecule has 0 saturated carbocycles. The van der Waals surface area contributed by atoms with Crippen molar-refractivity contribution in [3.63, 3.8) is 0 Å². The molecule has 4 heteroatoms. The van der Waals surface area contributed by atoms with Crippen molar-refractivity contribution in [3.05, 3.63) is 35.1 Å². The first kappa shape index (κ1) is 15.1. The number of rotatable bonds is 4. The smallest absolute Gasteiger partial charge is 0.167 e. The van der Waals surface area contributed by atoms with E-state index in [4.69, 9.17) is 4.74 Å². The number of hydrogen-bond acceptors (Lipinski definition) is 4. The fourth-order valence-corrected chi connectivity index (χ4v) is 3.53. The number of hydrogen-bond donors (Lipinski definition) is 2. The molecule has 4 nitrogen and oxygen atoms in total. The Morgan fingerprint density at radius 3 is 2.82 bits per heavy atom. The number of aliphatic hydroxyl groups excluding tert-OH is 1. The lowest BCUT2D eigenvalue weighted by atomic mass is 9.92. The van der Waals surface area contributed by atoms with E-state index in [9.17, 15) is 15.0 Å². The third kappa shape index (κ3) is 2.75. The van der Waals surface area contributed by atoms with Crippen molar-refractivity contribution in [1.82, 2.24) is 0 Å². The highest BCUT2D eigenvalue weighted by atomic mass is 16.5. The molecule has 0 radical (unpaired) electrons. The summed E-state index contributed by atoms with van der Waals surface area (Å²) in [7, 11) is 0. The van der Waals surface area contributed by atoms with Gasteiger partial charge in [-0.15, -0.1) is 0 Å². The van der Waals surface area contributed by atoms with Crippen LogP contribution in [0.25, 0.3) is 5.57 Å². The summed E-state index contributed by atoms with van der Waals surface area (Å²) in [6.07, 6.45) is 2.90. The summed E-state index contributed by atoms with van der Waals surface area (Å²) in [6.45, 7) is 3.50. The van der Waals surface area contributed by atoms with Crippen molar-refractivity contribution in [2.24, 2.45) is 11.8 Å². The number of phenolic OH excluding ortho intramolecular Hbond substituents is 1. The largest absolute Gasteiger partial charge is 0.511 e. The van der Waals surface area contributed by atoms with Gasteiger partial charge in [0, 0.05) is 25.6 Å². The summed E-state index contributed by atoms with van der Waals surface area (Å²) in [5.74, 6) is 0.599. The maximum atomic E-state index is 12.4. The molecule has 1 saturated heterocycles. The second kappa shape index (κ2) is 6.13. The predicted molar refractivity (Wildman–Crippen MR) is 83.7 cm³/mol. The van der Waals surface area contributed by atoms with E-state index in [1.54, 1.807) is 12.1 Å². The van der Waals surface area contributed by atoms with Crippen LogP contribution in [-0.4, -0.2) is 29.2 Å². The molecule has 3 rings (SSSR count). The topological polar surface area (TPSA) is 66.8 Å². The van der Waals surface area contributed by atoms with Crippen LogP contribution in [0.15, 0.2) is 24.0 Å². The fourth-order valence-electron chi connectivity index (χ4n) is 3.53. The Labute approximate surface area is 130 Å². The molecule has 0 aromatic heterocycles. The number of aryl methyl sites for hydroxylation is 1. The highest BCUT2D eigenvalue weighted by Crippen LogP contribution is 2.40. The molecule has 1 heterocycles. The Balaban J connectivity index is 1.92. The van der Waals surface area contributed by atoms with Crippen molar-refractivity contribution >= 4 is 11.4 Å². The summed E-state index contributed by atoms with van der Waals surface area (Å²) in [5, 5.41) is 20.3. The van der Waals surface area contributed by atoms with E-state index in [0.29, 0.717) is 23.5 Å². The number of ether oxygens (including phenoxy) is 1. The van der Waals surface area contributed by atoms with E-state index in [1.807, 2.05) is 13.0 Å². The Kier molecular flexibility index (Phi) is 4.21. The molecule has 2 atom stereocenters. The Bertz CT molecular complexity index is 612. The van der Waals surface area contributed by atoms with Crippen LogP contribution in [0.3, 0.4) is 0 Å². The molecule has 2 N–H and O–H groups in total. The number of aliphatic hydroxyl groups is 1. The molecule has 1 aliphatic heterocycles. The van der Waals surface area contributed by atoms with Gasteiger partial charge in [0.25, 0.3) is 0 Å². The first-order valence-electron chi connectivity index (χ1n) is 7.96. The third-order valence-corrected chi connectivity index (χ3v) is 4.74. The lowest BCUT2D eigenvalue weighted by Gasteiger charge is -2.14. The summed E-state index contributed by atoms with van der Waals surface area (Å²) in [6, 6.07) is 5.02. The second-order valence-electron chi connectivity index (χ2n) is 6.24. The Morgan fingerprint density at radius 1 is 1.32 bits per heavy atom. The van der Waals surface area contributed by atoms with Gasteiger partial charge in [-0.1, -0.05) is 13.0 Å². The molecule has 0 amide bonds. The highest BCUT2D eigenvalue weighted by molar-refractivity contribution is 6.24. The summed E-state index contributed by atoms with van der Waals surface area (Å²) >= 11 is 0. The summed E-state index contributed by atoms with van der Waals surface area (Å²) in [5.41, 5.74) is 2.05. The summed E-state index contributed by atoms with van der Waals surface area (Å²) < 4.78 is 5.38. The van der Waals surface area contributed by atoms with Gasteiger partial charge in [-0.2, -0.15) is 0 Å². The van der Waals surface area contributed by atoms with E-state index < -0.39 is 0 Å². The number of Topliss-reactive ketones (excluding diaryl/α,β-unsaturated/α-hetero) is 1. The minimum absolute atomic E-state index is 0.0262. The second-order valence-corrected chi connectivity index (χ2v) is 6.24. The number of allylic oxidation sites excluding steroid dienone is 2. The first-order valence-corrected chi connectivity index (χ1v) is 7.96. The minimum atomic E-state index is -0.110. The van der Waals surface area contributed by atoms with Gasteiger partial charge in [-0.05, 0) is 48.4 Å². The van der Waals surface area contributed by atoms with Crippen LogP contribution in [0.4, 0.5) is 0 Å². The van der Waals surface area contributed by atoms with Crippen molar-refractivity contribution < 1.29 is 19.7 Å². The quantitative estimate of drug-likeness (QED) is 0.896. The fraction of sp³-hybridized carbons (Fsp3) is 0.500. The molecule has 1 aromatic rings. The normalized spacial score (nSPS) is 25.2. The maximum Gasteiger partial charge on any atom is 0.167 e. The molecule has 118 valence electrons. The maximum absolute atomic E-state index is 12.4. The number of phenols is 1. The number of ketones is 1. The van der Waals surface area contributed by atoms with Crippen LogP contribution in [0.1, 0.15) is 37.3 Å². The number of aromatic hydroxyl groups is 1. The van der Waals surface area contributed by atoms with Gasteiger partial charge in [0.1, 0.15) is 11.5 Å². The molecule has 1 aliphatic carbocycles. The number of carbonyl (C=O) groups excluding carboxylic acids is 1. The van der Waals surface area contributed by atoms with Gasteiger partial charge < -0.3 is 14.9 Å². The Morgan fingerprint density at radius 2 is 2.14 bits per heavy atom. The molecule has 1 fully saturated rings. The third-order valence-electron chi connectivity index (χ3n) is 4.74. The van der Waals surface area contributed by atoms with Crippen molar-refractivity contribution in [3.8, 4) is 5.75 Å². The molecule has 0 bridgehead atoms. The van der Waals surface area contributed by atoms with Crippen LogP contribution in [0, 0.1) is 11.8 Å². The van der Waals surface area contributed by atoms with Crippen LogP contribution in [-0.2, 0) is 16.0 Å². The van der Waals surface area contributed by atoms with E-state index in [0.717, 1.165) is 38.0 Å². The van der Waals surface area contributed by atoms with E-state index in [1.165, 1.54) is 0 Å². The SMILES string of the molecule is CCc1ccc(O)cc1C1=C(O)C(CC2CCOC2)CC1=O. The standard InChI is InChI=1S/C18H22O4/c1-2-12-3-4-14(19)9-15(12)17-16(20)8-13(18(17)21)7-11-5-6-22-10-11/h3-4,9,11,13,19,21H,2,5-8,10H2,1H3. The molecule has 0 spiro atoms. The van der Waals surface area contributed by atoms with Crippen molar-refractivity contribution in [2.75, 3.05) is 13.2 Å². The highest BCUT2D eigenvalue weighted by Gasteiger charge is 2.36. The van der Waals surface area contributed by atoms with E-state index >= 15 is 0 Å². The molecule has 22 heavy (non-hydrogen) atoms. The van der Waals surface area contributed by atoms with Gasteiger partial charge >= 0.3 is 0 Å². The summed E-state index contributed by atoms with van der Waals surface area (Å²) in [4.78, 5) is 12.4. The lowest BCUT2D eigenvalue weighted by Crippen LogP contribution is -2.09. The van der Waals surface area contributed by atoms with Gasteiger partial charge in [-0.25, -0.2) is 0 Å².